The smallest absolute Gasteiger partial charge is 0.133 e. The number of hydrogen-bond acceptors (Lipinski definition) is 2. The summed E-state index contributed by atoms with van der Waals surface area (Å²) in [6.07, 6.45) is 4.61. The molecule has 2 N–H and O–H groups in total. The predicted octanol–water partition coefficient (Wildman–Crippen LogP) is 2.71. The molecule has 1 fully saturated rings. The van der Waals surface area contributed by atoms with E-state index in [9.17, 15) is 0 Å². The first-order valence-electron chi connectivity index (χ1n) is 6.25. The van der Waals surface area contributed by atoms with Crippen molar-refractivity contribution in [2.45, 2.75) is 45.1 Å². The molecule has 0 unspecified atom stereocenters. The third kappa shape index (κ3) is 1.65. The van der Waals surface area contributed by atoms with Crippen LogP contribution in [-0.2, 0) is 5.54 Å². The lowest BCUT2D eigenvalue weighted by Crippen LogP contribution is -2.31. The van der Waals surface area contributed by atoms with Gasteiger partial charge in [0.05, 0.1) is 16.7 Å². The molecule has 1 aliphatic carbocycles. The van der Waals surface area contributed by atoms with Crippen LogP contribution in [0.15, 0.2) is 18.3 Å². The average Bonchev–Trinajstić information content (AvgIpc) is 2.98. The lowest BCUT2D eigenvalue weighted by atomic mass is 10.1. The maximum absolute atomic E-state index is 6.22. The van der Waals surface area contributed by atoms with Crippen molar-refractivity contribution in [2.75, 3.05) is 0 Å². The first-order valence-corrected chi connectivity index (χ1v) is 6.25. The van der Waals surface area contributed by atoms with E-state index in [0.717, 1.165) is 5.82 Å². The van der Waals surface area contributed by atoms with Crippen molar-refractivity contribution in [3.8, 4) is 0 Å². The highest BCUT2D eigenvalue weighted by atomic mass is 15.1. The molecule has 0 atom stereocenters. The van der Waals surface area contributed by atoms with E-state index in [1.54, 1.807) is 0 Å². The topological polar surface area (TPSA) is 43.3 Å². The standard InChI is InChI=1S/C14H19N3/c1-9-5-4-8-17-12(9)11(10-6-7-10)16-13(17)14(2,3)15/h4-5,8,10H,6-7,15H2,1-3H3. The van der Waals surface area contributed by atoms with Gasteiger partial charge in [-0.1, -0.05) is 6.07 Å². The van der Waals surface area contributed by atoms with Crippen LogP contribution in [0.2, 0.25) is 0 Å². The molecule has 1 saturated carbocycles. The number of aryl methyl sites for hydroxylation is 1. The van der Waals surface area contributed by atoms with Crippen LogP contribution in [0.3, 0.4) is 0 Å². The second-order valence-electron chi connectivity index (χ2n) is 5.73. The SMILES string of the molecule is Cc1cccn2c(C(C)(C)N)nc(C3CC3)c12. The lowest BCUT2D eigenvalue weighted by molar-refractivity contribution is 0.510. The predicted molar refractivity (Wildman–Crippen MR) is 69.1 cm³/mol. The van der Waals surface area contributed by atoms with Crippen LogP contribution in [0.25, 0.3) is 5.52 Å². The van der Waals surface area contributed by atoms with Gasteiger partial charge in [-0.2, -0.15) is 0 Å². The maximum Gasteiger partial charge on any atom is 0.133 e. The highest BCUT2D eigenvalue weighted by molar-refractivity contribution is 5.62. The van der Waals surface area contributed by atoms with Gasteiger partial charge in [0.25, 0.3) is 0 Å². The van der Waals surface area contributed by atoms with Crippen LogP contribution >= 0.6 is 0 Å². The highest BCUT2D eigenvalue weighted by Crippen LogP contribution is 2.42. The zero-order chi connectivity index (χ0) is 12.2. The summed E-state index contributed by atoms with van der Waals surface area (Å²) >= 11 is 0. The van der Waals surface area contributed by atoms with Gasteiger partial charge in [0.15, 0.2) is 0 Å². The molecule has 0 saturated heterocycles. The van der Waals surface area contributed by atoms with Crippen molar-refractivity contribution in [3.63, 3.8) is 0 Å². The van der Waals surface area contributed by atoms with Gasteiger partial charge < -0.3 is 10.1 Å². The molecular formula is C14H19N3. The quantitative estimate of drug-likeness (QED) is 0.860. The fourth-order valence-corrected chi connectivity index (χ4v) is 2.44. The number of aromatic nitrogens is 2. The number of nitrogens with zero attached hydrogens (tertiary/aromatic N) is 2. The highest BCUT2D eigenvalue weighted by Gasteiger charge is 2.32. The lowest BCUT2D eigenvalue weighted by Gasteiger charge is -2.16. The van der Waals surface area contributed by atoms with Gasteiger partial charge in [0, 0.05) is 12.1 Å². The molecule has 0 spiro atoms. The Morgan fingerprint density at radius 3 is 2.71 bits per heavy atom. The molecule has 0 aliphatic heterocycles. The Kier molecular flexibility index (Phi) is 2.11. The molecule has 17 heavy (non-hydrogen) atoms. The van der Waals surface area contributed by atoms with Crippen molar-refractivity contribution in [1.29, 1.82) is 0 Å². The van der Waals surface area contributed by atoms with E-state index >= 15 is 0 Å². The summed E-state index contributed by atoms with van der Waals surface area (Å²) in [5.41, 5.74) is 9.63. The summed E-state index contributed by atoms with van der Waals surface area (Å²) in [6.45, 7) is 6.18. The van der Waals surface area contributed by atoms with E-state index in [4.69, 9.17) is 10.7 Å². The molecule has 90 valence electrons. The summed E-state index contributed by atoms with van der Waals surface area (Å²) in [5.74, 6) is 1.63. The third-order valence-electron chi connectivity index (χ3n) is 3.43. The van der Waals surface area contributed by atoms with Crippen molar-refractivity contribution >= 4 is 5.52 Å². The molecule has 0 amide bonds. The molecule has 2 heterocycles. The molecule has 1 aliphatic rings. The van der Waals surface area contributed by atoms with E-state index in [1.165, 1.54) is 29.6 Å². The van der Waals surface area contributed by atoms with Gasteiger partial charge in [0.1, 0.15) is 5.82 Å². The molecule has 2 aromatic rings. The summed E-state index contributed by atoms with van der Waals surface area (Å²) < 4.78 is 2.17. The van der Waals surface area contributed by atoms with Gasteiger partial charge in [-0.25, -0.2) is 4.98 Å². The van der Waals surface area contributed by atoms with Crippen LogP contribution in [0.1, 0.15) is 49.7 Å². The fraction of sp³-hybridized carbons (Fsp3) is 0.500. The van der Waals surface area contributed by atoms with E-state index < -0.39 is 5.54 Å². The van der Waals surface area contributed by atoms with Gasteiger partial charge >= 0.3 is 0 Å². The minimum Gasteiger partial charge on any atom is -0.319 e. The first-order chi connectivity index (χ1) is 7.98. The van der Waals surface area contributed by atoms with Crippen LogP contribution < -0.4 is 5.73 Å². The molecule has 0 radical (unpaired) electrons. The van der Waals surface area contributed by atoms with E-state index in [-0.39, 0.29) is 0 Å². The normalized spacial score (nSPS) is 16.7. The van der Waals surface area contributed by atoms with Crippen LogP contribution in [0, 0.1) is 6.92 Å². The largest absolute Gasteiger partial charge is 0.319 e. The van der Waals surface area contributed by atoms with Crippen LogP contribution in [0.4, 0.5) is 0 Å². The fourth-order valence-electron chi connectivity index (χ4n) is 2.44. The Morgan fingerprint density at radius 1 is 1.41 bits per heavy atom. The Balaban J connectivity index is 2.34. The molecular weight excluding hydrogens is 210 g/mol. The van der Waals surface area contributed by atoms with E-state index in [0.29, 0.717) is 5.92 Å². The first kappa shape index (κ1) is 10.8. The number of imidazole rings is 1. The second kappa shape index (κ2) is 3.33. The van der Waals surface area contributed by atoms with Gasteiger partial charge in [-0.15, -0.1) is 0 Å². The minimum absolute atomic E-state index is 0.399. The van der Waals surface area contributed by atoms with Crippen molar-refractivity contribution < 1.29 is 0 Å². The second-order valence-corrected chi connectivity index (χ2v) is 5.73. The molecule has 0 aromatic carbocycles. The number of rotatable bonds is 2. The van der Waals surface area contributed by atoms with Gasteiger partial charge in [0.2, 0.25) is 0 Å². The van der Waals surface area contributed by atoms with Crippen molar-refractivity contribution in [1.82, 2.24) is 9.38 Å². The third-order valence-corrected chi connectivity index (χ3v) is 3.43. The summed E-state index contributed by atoms with van der Waals surface area (Å²) in [4.78, 5) is 4.82. The average molecular weight is 229 g/mol. The number of fused-ring (bicyclic) bond motifs is 1. The summed E-state index contributed by atoms with van der Waals surface area (Å²) in [5, 5.41) is 0. The Hall–Kier alpha value is -1.35. The molecule has 3 heteroatoms. The summed E-state index contributed by atoms with van der Waals surface area (Å²) in [7, 11) is 0. The van der Waals surface area contributed by atoms with Crippen molar-refractivity contribution in [3.05, 3.63) is 35.4 Å². The molecule has 2 aromatic heterocycles. The van der Waals surface area contributed by atoms with E-state index in [2.05, 4.69) is 29.7 Å². The monoisotopic (exact) mass is 229 g/mol. The van der Waals surface area contributed by atoms with Crippen LogP contribution in [-0.4, -0.2) is 9.38 Å². The Labute approximate surface area is 102 Å². The number of nitrogens with two attached hydrogens (primary N) is 1. The zero-order valence-corrected chi connectivity index (χ0v) is 10.7. The molecule has 0 bridgehead atoms. The minimum atomic E-state index is -0.399. The van der Waals surface area contributed by atoms with Crippen LogP contribution in [0.5, 0.6) is 0 Å². The van der Waals surface area contributed by atoms with Gasteiger partial charge in [-0.05, 0) is 45.2 Å². The Bertz CT molecular complexity index is 571. The molecule has 3 nitrogen and oxygen atoms in total. The van der Waals surface area contributed by atoms with Gasteiger partial charge in [-0.3, -0.25) is 0 Å². The zero-order valence-electron chi connectivity index (χ0n) is 10.7. The van der Waals surface area contributed by atoms with Crippen molar-refractivity contribution in [2.24, 2.45) is 5.73 Å². The molecule has 3 rings (SSSR count). The summed E-state index contributed by atoms with van der Waals surface area (Å²) in [6, 6.07) is 4.21. The number of hydrogen-bond donors (Lipinski definition) is 1. The van der Waals surface area contributed by atoms with E-state index in [1.807, 2.05) is 13.8 Å². The Morgan fingerprint density at radius 2 is 2.12 bits per heavy atom. The maximum atomic E-state index is 6.22. The number of pyridine rings is 1.